The van der Waals surface area contributed by atoms with Gasteiger partial charge >= 0.3 is 5.69 Å². The van der Waals surface area contributed by atoms with E-state index in [1.165, 1.54) is 0 Å². The van der Waals surface area contributed by atoms with Crippen molar-refractivity contribution >= 4 is 16.8 Å². The first-order chi connectivity index (χ1) is 7.56. The van der Waals surface area contributed by atoms with Crippen molar-refractivity contribution in [3.8, 4) is 0 Å². The van der Waals surface area contributed by atoms with Crippen LogP contribution < -0.4 is 5.69 Å². The Morgan fingerprint density at radius 3 is 2.62 bits per heavy atom. The van der Waals surface area contributed by atoms with Crippen LogP contribution in [0.1, 0.15) is 30.6 Å². The van der Waals surface area contributed by atoms with Crippen LogP contribution in [0, 0.1) is 5.92 Å². The number of fused-ring (bicyclic) bond motifs is 1. The van der Waals surface area contributed by atoms with Crippen molar-refractivity contribution in [2.45, 2.75) is 20.3 Å². The van der Waals surface area contributed by atoms with Gasteiger partial charge in [0.15, 0.2) is 5.78 Å². The van der Waals surface area contributed by atoms with Gasteiger partial charge in [-0.2, -0.15) is 0 Å². The van der Waals surface area contributed by atoms with Gasteiger partial charge in [0.1, 0.15) is 0 Å². The molecule has 0 unspecified atom stereocenters. The first kappa shape index (κ1) is 10.7. The lowest BCUT2D eigenvalue weighted by Crippen LogP contribution is -2.03. The second kappa shape index (κ2) is 3.96. The zero-order valence-corrected chi connectivity index (χ0v) is 9.33. The molecule has 1 aromatic heterocycles. The Labute approximate surface area is 92.7 Å². The molecule has 0 aliphatic rings. The maximum Gasteiger partial charge on any atom is 0.323 e. The third-order valence-corrected chi connectivity index (χ3v) is 2.43. The molecule has 4 nitrogen and oxygen atoms in total. The molecule has 0 saturated heterocycles. The maximum absolute atomic E-state index is 11.8. The van der Waals surface area contributed by atoms with Crippen LogP contribution in [0.3, 0.4) is 0 Å². The van der Waals surface area contributed by atoms with Gasteiger partial charge in [-0.15, -0.1) is 0 Å². The number of carbonyl (C=O) groups excluding carboxylic acids is 1. The summed E-state index contributed by atoms with van der Waals surface area (Å²) in [5.74, 6) is 0.451. The maximum atomic E-state index is 11.8. The van der Waals surface area contributed by atoms with Crippen LogP contribution in [0.15, 0.2) is 23.0 Å². The molecule has 0 fully saturated rings. The summed E-state index contributed by atoms with van der Waals surface area (Å²) in [6.45, 7) is 4.02. The van der Waals surface area contributed by atoms with E-state index >= 15 is 0 Å². The fourth-order valence-corrected chi connectivity index (χ4v) is 1.69. The number of ketones is 1. The lowest BCUT2D eigenvalue weighted by molar-refractivity contribution is 0.0968. The Morgan fingerprint density at radius 1 is 1.25 bits per heavy atom. The number of H-pyrrole nitrogens is 2. The van der Waals surface area contributed by atoms with Gasteiger partial charge < -0.3 is 9.97 Å². The third kappa shape index (κ3) is 2.05. The number of rotatable bonds is 3. The molecule has 0 saturated carbocycles. The van der Waals surface area contributed by atoms with E-state index in [0.717, 1.165) is 5.52 Å². The van der Waals surface area contributed by atoms with E-state index in [1.807, 2.05) is 13.8 Å². The molecule has 0 aliphatic carbocycles. The molecule has 1 aromatic carbocycles. The normalized spacial score (nSPS) is 11.2. The molecule has 0 radical (unpaired) electrons. The molecule has 0 atom stereocenters. The lowest BCUT2D eigenvalue weighted by Gasteiger charge is -2.03. The van der Waals surface area contributed by atoms with Crippen LogP contribution >= 0.6 is 0 Å². The number of carbonyl (C=O) groups is 1. The number of aromatic nitrogens is 2. The second-order valence-electron chi connectivity index (χ2n) is 4.36. The Morgan fingerprint density at radius 2 is 1.94 bits per heavy atom. The Kier molecular flexibility index (Phi) is 2.64. The van der Waals surface area contributed by atoms with Crippen LogP contribution in [-0.2, 0) is 0 Å². The fraction of sp³-hybridized carbons (Fsp3) is 0.333. The highest BCUT2D eigenvalue weighted by molar-refractivity contribution is 5.98. The van der Waals surface area contributed by atoms with E-state index in [2.05, 4.69) is 9.97 Å². The van der Waals surface area contributed by atoms with Gasteiger partial charge in [0.05, 0.1) is 11.0 Å². The molecular formula is C12H14N2O2. The van der Waals surface area contributed by atoms with E-state index in [4.69, 9.17) is 0 Å². The van der Waals surface area contributed by atoms with Crippen molar-refractivity contribution in [2.24, 2.45) is 5.92 Å². The van der Waals surface area contributed by atoms with Crippen molar-refractivity contribution in [1.82, 2.24) is 9.97 Å². The van der Waals surface area contributed by atoms with E-state index < -0.39 is 0 Å². The van der Waals surface area contributed by atoms with Crippen molar-refractivity contribution in [2.75, 3.05) is 0 Å². The summed E-state index contributed by atoms with van der Waals surface area (Å²) in [5, 5.41) is 0. The number of benzene rings is 1. The summed E-state index contributed by atoms with van der Waals surface area (Å²) in [6, 6.07) is 5.22. The standard InChI is InChI=1S/C12H14N2O2/c1-7(2)5-11(15)8-3-4-9-10(6-8)14-12(16)13-9/h3-4,6-7H,5H2,1-2H3,(H2,13,14,16). The molecule has 0 amide bonds. The number of imidazole rings is 1. The first-order valence-electron chi connectivity index (χ1n) is 5.31. The zero-order valence-electron chi connectivity index (χ0n) is 9.33. The zero-order chi connectivity index (χ0) is 11.7. The monoisotopic (exact) mass is 218 g/mol. The number of hydrogen-bond donors (Lipinski definition) is 2. The number of Topliss-reactive ketones (excluding diaryl/α,β-unsaturated/α-hetero) is 1. The second-order valence-corrected chi connectivity index (χ2v) is 4.36. The molecule has 0 spiro atoms. The molecular weight excluding hydrogens is 204 g/mol. The first-order valence-corrected chi connectivity index (χ1v) is 5.31. The number of aromatic amines is 2. The van der Waals surface area contributed by atoms with Gasteiger partial charge in [0.25, 0.3) is 0 Å². The summed E-state index contributed by atoms with van der Waals surface area (Å²) in [6.07, 6.45) is 0.528. The predicted octanol–water partition coefficient (Wildman–Crippen LogP) is 2.08. The minimum atomic E-state index is -0.247. The quantitative estimate of drug-likeness (QED) is 0.774. The smallest absolute Gasteiger partial charge is 0.306 e. The van der Waals surface area contributed by atoms with Crippen molar-refractivity contribution < 1.29 is 4.79 Å². The summed E-state index contributed by atoms with van der Waals surface area (Å²) in [5.41, 5.74) is 1.81. The minimum absolute atomic E-state index is 0.110. The van der Waals surface area contributed by atoms with Crippen molar-refractivity contribution in [3.05, 3.63) is 34.2 Å². The molecule has 0 aliphatic heterocycles. The third-order valence-electron chi connectivity index (χ3n) is 2.43. The molecule has 2 N–H and O–H groups in total. The van der Waals surface area contributed by atoms with Gasteiger partial charge in [0, 0.05) is 12.0 Å². The van der Waals surface area contributed by atoms with E-state index in [9.17, 15) is 9.59 Å². The van der Waals surface area contributed by atoms with Gasteiger partial charge in [-0.3, -0.25) is 4.79 Å². The van der Waals surface area contributed by atoms with Crippen molar-refractivity contribution in [1.29, 1.82) is 0 Å². The lowest BCUT2D eigenvalue weighted by atomic mass is 10.0. The number of hydrogen-bond acceptors (Lipinski definition) is 2. The summed E-state index contributed by atoms with van der Waals surface area (Å²) in [7, 11) is 0. The minimum Gasteiger partial charge on any atom is -0.306 e. The molecule has 0 bridgehead atoms. The largest absolute Gasteiger partial charge is 0.323 e. The molecule has 2 aromatic rings. The van der Waals surface area contributed by atoms with Crippen LogP contribution in [0.4, 0.5) is 0 Å². The van der Waals surface area contributed by atoms with Gasteiger partial charge in [0.2, 0.25) is 0 Å². The fourth-order valence-electron chi connectivity index (χ4n) is 1.69. The molecule has 1 heterocycles. The van der Waals surface area contributed by atoms with E-state index in [1.54, 1.807) is 18.2 Å². The van der Waals surface area contributed by atoms with Crippen LogP contribution in [-0.4, -0.2) is 15.8 Å². The molecule has 4 heteroatoms. The summed E-state index contributed by atoms with van der Waals surface area (Å²) >= 11 is 0. The topological polar surface area (TPSA) is 65.7 Å². The van der Waals surface area contributed by atoms with Crippen LogP contribution in [0.2, 0.25) is 0 Å². The Bertz CT molecular complexity index is 578. The van der Waals surface area contributed by atoms with Gasteiger partial charge in [-0.05, 0) is 24.1 Å². The van der Waals surface area contributed by atoms with Crippen LogP contribution in [0.5, 0.6) is 0 Å². The predicted molar refractivity (Wildman–Crippen MR) is 62.7 cm³/mol. The molecule has 84 valence electrons. The summed E-state index contributed by atoms with van der Waals surface area (Å²) < 4.78 is 0. The van der Waals surface area contributed by atoms with Crippen LogP contribution in [0.25, 0.3) is 11.0 Å². The number of nitrogens with one attached hydrogen (secondary N) is 2. The van der Waals surface area contributed by atoms with Gasteiger partial charge in [-0.1, -0.05) is 13.8 Å². The Hall–Kier alpha value is -1.84. The SMILES string of the molecule is CC(C)CC(=O)c1ccc2[nH]c(=O)[nH]c2c1. The summed E-state index contributed by atoms with van der Waals surface area (Å²) in [4.78, 5) is 28.1. The Balaban J connectivity index is 2.38. The highest BCUT2D eigenvalue weighted by atomic mass is 16.1. The highest BCUT2D eigenvalue weighted by Gasteiger charge is 2.09. The molecule has 2 rings (SSSR count). The average Bonchev–Trinajstić information content (AvgIpc) is 2.55. The average molecular weight is 218 g/mol. The van der Waals surface area contributed by atoms with E-state index in [-0.39, 0.29) is 11.5 Å². The van der Waals surface area contributed by atoms with Crippen molar-refractivity contribution in [3.63, 3.8) is 0 Å². The molecule has 16 heavy (non-hydrogen) atoms. The van der Waals surface area contributed by atoms with Gasteiger partial charge in [-0.25, -0.2) is 4.79 Å². The van der Waals surface area contributed by atoms with E-state index in [0.29, 0.717) is 23.4 Å². The highest BCUT2D eigenvalue weighted by Crippen LogP contribution is 2.14.